The van der Waals surface area contributed by atoms with Gasteiger partial charge < -0.3 is 20.5 Å². The molecule has 0 aromatic carbocycles. The zero-order chi connectivity index (χ0) is 11.4. The number of aliphatic hydroxyl groups is 1. The Morgan fingerprint density at radius 1 is 1.50 bits per heavy atom. The third-order valence-electron chi connectivity index (χ3n) is 2.71. The highest BCUT2D eigenvalue weighted by Crippen LogP contribution is 2.18. The smallest absolute Gasteiger partial charge is 0.128 e. The van der Waals surface area contributed by atoms with Crippen LogP contribution in [-0.2, 0) is 4.74 Å². The van der Waals surface area contributed by atoms with Crippen molar-refractivity contribution in [3.8, 4) is 0 Å². The molecular weight excluding hydrogens is 206 g/mol. The van der Waals surface area contributed by atoms with Gasteiger partial charge in [-0.05, 0) is 17.7 Å². The monoisotopic (exact) mass is 223 g/mol. The minimum absolute atomic E-state index is 0.229. The van der Waals surface area contributed by atoms with Gasteiger partial charge in [-0.2, -0.15) is 0 Å². The van der Waals surface area contributed by atoms with Crippen LogP contribution in [0.4, 0.5) is 5.82 Å². The number of hydrogen-bond donors (Lipinski definition) is 2. The molecule has 1 aliphatic heterocycles. The van der Waals surface area contributed by atoms with Gasteiger partial charge in [0.25, 0.3) is 0 Å². The van der Waals surface area contributed by atoms with Crippen LogP contribution in [0.15, 0.2) is 18.3 Å². The average molecular weight is 223 g/mol. The van der Waals surface area contributed by atoms with Crippen LogP contribution < -0.4 is 10.6 Å². The number of anilines is 1. The molecule has 0 saturated carbocycles. The van der Waals surface area contributed by atoms with E-state index in [0.29, 0.717) is 0 Å². The summed E-state index contributed by atoms with van der Waals surface area (Å²) in [6, 6.07) is 3.68. The van der Waals surface area contributed by atoms with Crippen LogP contribution in [0.25, 0.3) is 0 Å². The molecule has 0 bridgehead atoms. The lowest BCUT2D eigenvalue weighted by atomic mass is 10.1. The molecular formula is C11H17N3O2. The Kier molecular flexibility index (Phi) is 3.71. The maximum absolute atomic E-state index is 9.66. The summed E-state index contributed by atoms with van der Waals surface area (Å²) in [5.41, 5.74) is 6.25. The van der Waals surface area contributed by atoms with Gasteiger partial charge in [-0.1, -0.05) is 0 Å². The van der Waals surface area contributed by atoms with E-state index in [1.54, 1.807) is 12.3 Å². The van der Waals surface area contributed by atoms with Gasteiger partial charge in [-0.3, -0.25) is 0 Å². The van der Waals surface area contributed by atoms with Crippen molar-refractivity contribution >= 4 is 5.82 Å². The van der Waals surface area contributed by atoms with Crippen LogP contribution in [0.3, 0.4) is 0 Å². The Bertz CT molecular complexity index is 340. The molecule has 0 radical (unpaired) electrons. The van der Waals surface area contributed by atoms with Gasteiger partial charge in [0.2, 0.25) is 0 Å². The summed E-state index contributed by atoms with van der Waals surface area (Å²) < 4.78 is 5.28. The van der Waals surface area contributed by atoms with Crippen LogP contribution in [0.5, 0.6) is 0 Å². The molecule has 1 saturated heterocycles. The third kappa shape index (κ3) is 2.49. The number of hydrogen-bond acceptors (Lipinski definition) is 5. The van der Waals surface area contributed by atoms with E-state index in [4.69, 9.17) is 10.5 Å². The van der Waals surface area contributed by atoms with Crippen LogP contribution in [0.1, 0.15) is 11.7 Å². The number of morpholine rings is 1. The molecule has 5 heteroatoms. The van der Waals surface area contributed by atoms with Crippen molar-refractivity contribution in [1.82, 2.24) is 4.98 Å². The van der Waals surface area contributed by atoms with E-state index in [2.05, 4.69) is 9.88 Å². The van der Waals surface area contributed by atoms with Gasteiger partial charge in [0, 0.05) is 25.8 Å². The fourth-order valence-corrected chi connectivity index (χ4v) is 1.74. The number of ether oxygens (including phenoxy) is 1. The van der Waals surface area contributed by atoms with Crippen molar-refractivity contribution in [2.45, 2.75) is 6.10 Å². The number of nitrogens with zero attached hydrogens (tertiary/aromatic N) is 2. The highest BCUT2D eigenvalue weighted by atomic mass is 16.5. The first-order valence-corrected chi connectivity index (χ1v) is 5.48. The van der Waals surface area contributed by atoms with Crippen LogP contribution >= 0.6 is 0 Å². The second-order valence-corrected chi connectivity index (χ2v) is 3.80. The molecule has 0 amide bonds. The van der Waals surface area contributed by atoms with E-state index in [1.165, 1.54) is 0 Å². The molecule has 2 heterocycles. The van der Waals surface area contributed by atoms with Crippen LogP contribution in [0.2, 0.25) is 0 Å². The molecule has 1 aromatic heterocycles. The van der Waals surface area contributed by atoms with E-state index in [-0.39, 0.29) is 6.54 Å². The van der Waals surface area contributed by atoms with Crippen molar-refractivity contribution in [2.24, 2.45) is 5.73 Å². The summed E-state index contributed by atoms with van der Waals surface area (Å²) in [5, 5.41) is 9.66. The van der Waals surface area contributed by atoms with Crippen molar-refractivity contribution in [2.75, 3.05) is 37.7 Å². The maximum Gasteiger partial charge on any atom is 0.128 e. The second kappa shape index (κ2) is 5.25. The molecule has 16 heavy (non-hydrogen) atoms. The Morgan fingerprint density at radius 2 is 2.25 bits per heavy atom. The quantitative estimate of drug-likeness (QED) is 0.749. The summed E-state index contributed by atoms with van der Waals surface area (Å²) in [7, 11) is 0. The molecule has 1 unspecified atom stereocenters. The lowest BCUT2D eigenvalue weighted by Crippen LogP contribution is -2.36. The molecule has 3 N–H and O–H groups in total. The normalized spacial score (nSPS) is 18.5. The zero-order valence-electron chi connectivity index (χ0n) is 9.17. The van der Waals surface area contributed by atoms with E-state index in [0.717, 1.165) is 37.7 Å². The van der Waals surface area contributed by atoms with Gasteiger partial charge in [-0.25, -0.2) is 4.98 Å². The number of rotatable bonds is 3. The predicted octanol–water partition coefficient (Wildman–Crippen LogP) is -0.0897. The molecule has 0 aliphatic carbocycles. The topological polar surface area (TPSA) is 71.6 Å². The van der Waals surface area contributed by atoms with Gasteiger partial charge >= 0.3 is 0 Å². The van der Waals surface area contributed by atoms with Crippen molar-refractivity contribution in [1.29, 1.82) is 0 Å². The fraction of sp³-hybridized carbons (Fsp3) is 0.545. The number of pyridine rings is 1. The summed E-state index contributed by atoms with van der Waals surface area (Å²) >= 11 is 0. The Hall–Kier alpha value is -1.17. The largest absolute Gasteiger partial charge is 0.387 e. The van der Waals surface area contributed by atoms with Crippen LogP contribution in [-0.4, -0.2) is 42.9 Å². The third-order valence-corrected chi connectivity index (χ3v) is 2.71. The molecule has 1 aliphatic rings. The van der Waals surface area contributed by atoms with E-state index in [1.807, 2.05) is 6.07 Å². The Morgan fingerprint density at radius 3 is 2.94 bits per heavy atom. The van der Waals surface area contributed by atoms with E-state index >= 15 is 0 Å². The minimum atomic E-state index is -0.609. The van der Waals surface area contributed by atoms with Crippen molar-refractivity contribution < 1.29 is 9.84 Å². The van der Waals surface area contributed by atoms with Gasteiger partial charge in [-0.15, -0.1) is 0 Å². The standard InChI is InChI=1S/C11H17N3O2/c12-8-10(15)9-1-2-13-11(7-9)14-3-5-16-6-4-14/h1-2,7,10,15H,3-6,8,12H2. The number of aromatic nitrogens is 1. The van der Waals surface area contributed by atoms with Gasteiger partial charge in [0.05, 0.1) is 19.3 Å². The van der Waals surface area contributed by atoms with E-state index in [9.17, 15) is 5.11 Å². The van der Waals surface area contributed by atoms with Crippen LogP contribution in [0, 0.1) is 0 Å². The first-order chi connectivity index (χ1) is 7.81. The summed E-state index contributed by atoms with van der Waals surface area (Å²) in [6.45, 7) is 3.37. The molecule has 1 aromatic rings. The summed E-state index contributed by atoms with van der Waals surface area (Å²) in [5.74, 6) is 0.883. The first-order valence-electron chi connectivity index (χ1n) is 5.48. The Labute approximate surface area is 94.8 Å². The SMILES string of the molecule is NCC(O)c1ccnc(N2CCOCC2)c1. The zero-order valence-corrected chi connectivity index (χ0v) is 9.17. The molecule has 0 spiro atoms. The molecule has 5 nitrogen and oxygen atoms in total. The van der Waals surface area contributed by atoms with Crippen molar-refractivity contribution in [3.63, 3.8) is 0 Å². The van der Waals surface area contributed by atoms with E-state index < -0.39 is 6.10 Å². The molecule has 88 valence electrons. The highest BCUT2D eigenvalue weighted by molar-refractivity contribution is 5.42. The number of aliphatic hydroxyl groups excluding tert-OH is 1. The fourth-order valence-electron chi connectivity index (χ4n) is 1.74. The second-order valence-electron chi connectivity index (χ2n) is 3.80. The average Bonchev–Trinajstić information content (AvgIpc) is 2.39. The highest BCUT2D eigenvalue weighted by Gasteiger charge is 2.14. The van der Waals surface area contributed by atoms with Gasteiger partial charge in [0.1, 0.15) is 5.82 Å². The summed E-state index contributed by atoms with van der Waals surface area (Å²) in [6.07, 6.45) is 1.10. The maximum atomic E-state index is 9.66. The molecule has 1 atom stereocenters. The summed E-state index contributed by atoms with van der Waals surface area (Å²) in [4.78, 5) is 6.45. The van der Waals surface area contributed by atoms with Gasteiger partial charge in [0.15, 0.2) is 0 Å². The lowest BCUT2D eigenvalue weighted by Gasteiger charge is -2.28. The lowest BCUT2D eigenvalue weighted by molar-refractivity contribution is 0.122. The minimum Gasteiger partial charge on any atom is -0.387 e. The first kappa shape index (κ1) is 11.3. The van der Waals surface area contributed by atoms with Crippen molar-refractivity contribution in [3.05, 3.63) is 23.9 Å². The molecule has 2 rings (SSSR count). The Balaban J connectivity index is 2.14. The predicted molar refractivity (Wildman–Crippen MR) is 61.3 cm³/mol. The number of nitrogens with two attached hydrogens (primary N) is 1. The molecule has 1 fully saturated rings.